The molecule has 110 valence electrons. The topological polar surface area (TPSA) is 55.9 Å². The number of epoxide rings is 1. The van der Waals surface area contributed by atoms with Crippen LogP contribution in [0, 0.1) is 0 Å². The molecule has 0 bridgehead atoms. The Morgan fingerprint density at radius 1 is 1.20 bits per heavy atom. The van der Waals surface area contributed by atoms with Crippen molar-refractivity contribution < 1.29 is 31.1 Å². The van der Waals surface area contributed by atoms with Crippen LogP contribution < -0.4 is 4.74 Å². The van der Waals surface area contributed by atoms with Crippen molar-refractivity contribution in [1.82, 2.24) is 0 Å². The Balaban J connectivity index is 1.91. The Morgan fingerprint density at radius 2 is 1.90 bits per heavy atom. The predicted octanol–water partition coefficient (Wildman–Crippen LogP) is 2.07. The third-order valence-electron chi connectivity index (χ3n) is 3.40. The van der Waals surface area contributed by atoms with Crippen molar-refractivity contribution in [3.8, 4) is 5.75 Å². The number of alkyl halides is 3. The monoisotopic (exact) mass is 308 g/mol. The van der Waals surface area contributed by atoms with Gasteiger partial charge in [-0.2, -0.15) is 13.2 Å². The maximum Gasteiger partial charge on any atom is 0.501 e. The first kappa shape index (κ1) is 13.7. The smallest absolute Gasteiger partial charge is 0.487 e. The first-order chi connectivity index (χ1) is 9.29. The summed E-state index contributed by atoms with van der Waals surface area (Å²) >= 11 is 0. The Labute approximate surface area is 113 Å². The summed E-state index contributed by atoms with van der Waals surface area (Å²) in [6, 6.07) is 3.25. The van der Waals surface area contributed by atoms with E-state index in [4.69, 9.17) is 9.47 Å². The first-order valence-electron chi connectivity index (χ1n) is 6.01. The van der Waals surface area contributed by atoms with E-state index in [2.05, 4.69) is 0 Å². The van der Waals surface area contributed by atoms with Crippen LogP contribution in [0.1, 0.15) is 12.0 Å². The lowest BCUT2D eigenvalue weighted by Crippen LogP contribution is -2.28. The molecule has 0 spiro atoms. The predicted molar refractivity (Wildman–Crippen MR) is 62.2 cm³/mol. The molecular weight excluding hydrogens is 297 g/mol. The van der Waals surface area contributed by atoms with Gasteiger partial charge in [-0.1, -0.05) is 0 Å². The van der Waals surface area contributed by atoms with Crippen LogP contribution in [0.25, 0.3) is 0 Å². The quantitative estimate of drug-likeness (QED) is 0.785. The van der Waals surface area contributed by atoms with E-state index in [9.17, 15) is 21.6 Å². The summed E-state index contributed by atoms with van der Waals surface area (Å²) < 4.78 is 70.9. The highest BCUT2D eigenvalue weighted by Crippen LogP contribution is 2.36. The van der Waals surface area contributed by atoms with Gasteiger partial charge in [0.1, 0.15) is 18.0 Å². The number of sulfone groups is 1. The minimum atomic E-state index is -5.31. The molecule has 0 amide bonds. The van der Waals surface area contributed by atoms with Crippen molar-refractivity contribution in [3.05, 3.63) is 23.8 Å². The summed E-state index contributed by atoms with van der Waals surface area (Å²) in [6.07, 6.45) is 1.02. The number of aryl methyl sites for hydroxylation is 1. The number of benzene rings is 1. The number of hydrogen-bond donors (Lipinski definition) is 0. The van der Waals surface area contributed by atoms with Gasteiger partial charge < -0.3 is 9.47 Å². The number of halogens is 3. The molecule has 1 aromatic rings. The van der Waals surface area contributed by atoms with Crippen molar-refractivity contribution in [2.24, 2.45) is 0 Å². The summed E-state index contributed by atoms with van der Waals surface area (Å²) in [5.41, 5.74) is -4.81. The Morgan fingerprint density at radius 3 is 2.50 bits per heavy atom. The Bertz CT molecular complexity index is 635. The fourth-order valence-electron chi connectivity index (χ4n) is 2.22. The van der Waals surface area contributed by atoms with Crippen LogP contribution in [0.15, 0.2) is 23.1 Å². The van der Waals surface area contributed by atoms with Gasteiger partial charge in [-0.05, 0) is 36.6 Å². The van der Waals surface area contributed by atoms with E-state index in [1.54, 1.807) is 0 Å². The molecule has 0 radical (unpaired) electrons. The number of fused-ring (bicyclic) bond motifs is 1. The third-order valence-corrected chi connectivity index (χ3v) is 4.88. The van der Waals surface area contributed by atoms with Gasteiger partial charge in [-0.15, -0.1) is 0 Å². The molecule has 1 saturated heterocycles. The van der Waals surface area contributed by atoms with Gasteiger partial charge in [-0.3, -0.25) is 0 Å². The van der Waals surface area contributed by atoms with Crippen LogP contribution >= 0.6 is 0 Å². The lowest BCUT2D eigenvalue weighted by molar-refractivity contribution is -0.0436. The Kier molecular flexibility index (Phi) is 2.98. The molecule has 2 atom stereocenters. The van der Waals surface area contributed by atoms with E-state index in [1.165, 1.54) is 6.07 Å². The van der Waals surface area contributed by atoms with Gasteiger partial charge in [0.15, 0.2) is 0 Å². The fraction of sp³-hybridized carbons (Fsp3) is 0.500. The van der Waals surface area contributed by atoms with Gasteiger partial charge in [0.2, 0.25) is 0 Å². The lowest BCUT2D eigenvalue weighted by atomic mass is 10.0. The second-order valence-corrected chi connectivity index (χ2v) is 6.73. The fourth-order valence-corrected chi connectivity index (χ4v) is 3.03. The van der Waals surface area contributed by atoms with Crippen molar-refractivity contribution >= 4 is 9.84 Å². The summed E-state index contributed by atoms with van der Waals surface area (Å²) in [6.45, 7) is 0.626. The van der Waals surface area contributed by atoms with E-state index < -0.39 is 20.2 Å². The average molecular weight is 308 g/mol. The highest BCUT2D eigenvalue weighted by molar-refractivity contribution is 7.92. The maximum absolute atomic E-state index is 12.5. The zero-order valence-corrected chi connectivity index (χ0v) is 11.0. The number of hydrogen-bond acceptors (Lipinski definition) is 4. The molecule has 4 nitrogen and oxygen atoms in total. The maximum atomic E-state index is 12.5. The van der Waals surface area contributed by atoms with Crippen LogP contribution in [-0.2, 0) is 21.0 Å². The summed E-state index contributed by atoms with van der Waals surface area (Å²) in [4.78, 5) is -0.742. The molecular formula is C12H11F3O4S. The van der Waals surface area contributed by atoms with E-state index in [0.717, 1.165) is 12.1 Å². The van der Waals surface area contributed by atoms with Gasteiger partial charge in [0, 0.05) is 0 Å². The van der Waals surface area contributed by atoms with E-state index >= 15 is 0 Å². The van der Waals surface area contributed by atoms with Crippen LogP contribution in [0.3, 0.4) is 0 Å². The molecule has 20 heavy (non-hydrogen) atoms. The molecule has 0 aliphatic carbocycles. The van der Waals surface area contributed by atoms with Crippen LogP contribution in [0.4, 0.5) is 13.2 Å². The van der Waals surface area contributed by atoms with Crippen molar-refractivity contribution in [2.45, 2.75) is 35.5 Å². The standard InChI is InChI=1S/C12H11F3O4S/c13-12(14,15)20(16,17)8-2-4-9-7(5-8)1-3-10(19-9)11-6-18-11/h2,4-5,10-11H,1,3,6H2/t10-,11-/m1/s1. The molecule has 2 aliphatic heterocycles. The van der Waals surface area contributed by atoms with Crippen LogP contribution in [0.5, 0.6) is 5.75 Å². The van der Waals surface area contributed by atoms with Gasteiger partial charge in [0.05, 0.1) is 11.5 Å². The first-order valence-corrected chi connectivity index (χ1v) is 7.50. The Hall–Kier alpha value is -1.28. The molecule has 0 aromatic heterocycles. The van der Waals surface area contributed by atoms with E-state index in [0.29, 0.717) is 30.8 Å². The minimum Gasteiger partial charge on any atom is -0.487 e. The molecule has 3 rings (SSSR count). The second kappa shape index (κ2) is 4.36. The molecule has 2 heterocycles. The third kappa shape index (κ3) is 2.26. The molecule has 0 unspecified atom stereocenters. The summed E-state index contributed by atoms with van der Waals surface area (Å²) in [7, 11) is -5.31. The van der Waals surface area contributed by atoms with Gasteiger partial charge in [0.25, 0.3) is 9.84 Å². The van der Waals surface area contributed by atoms with Crippen molar-refractivity contribution in [2.75, 3.05) is 6.61 Å². The molecule has 0 saturated carbocycles. The highest BCUT2D eigenvalue weighted by atomic mass is 32.2. The molecule has 8 heteroatoms. The van der Waals surface area contributed by atoms with Crippen LogP contribution in [-0.4, -0.2) is 32.7 Å². The second-order valence-electron chi connectivity index (χ2n) is 4.79. The average Bonchev–Trinajstić information content (AvgIpc) is 3.20. The molecule has 2 aliphatic rings. The zero-order valence-electron chi connectivity index (χ0n) is 10.2. The van der Waals surface area contributed by atoms with Crippen molar-refractivity contribution in [1.29, 1.82) is 0 Å². The number of rotatable bonds is 2. The molecule has 1 aromatic carbocycles. The van der Waals surface area contributed by atoms with Crippen LogP contribution in [0.2, 0.25) is 0 Å². The highest BCUT2D eigenvalue weighted by Gasteiger charge is 2.47. The minimum absolute atomic E-state index is 0.0433. The normalized spacial score (nSPS) is 25.8. The molecule has 0 N–H and O–H groups in total. The number of ether oxygens (including phenoxy) is 2. The van der Waals surface area contributed by atoms with Gasteiger partial charge in [-0.25, -0.2) is 8.42 Å². The lowest BCUT2D eigenvalue weighted by Gasteiger charge is -2.25. The van der Waals surface area contributed by atoms with Gasteiger partial charge >= 0.3 is 5.51 Å². The summed E-state index contributed by atoms with van der Waals surface area (Å²) in [5, 5.41) is 0. The SMILES string of the molecule is O=S(=O)(c1ccc2c(c1)CC[C@H]([C@H]1CO1)O2)C(F)(F)F. The van der Waals surface area contributed by atoms with E-state index in [-0.39, 0.29) is 12.2 Å². The van der Waals surface area contributed by atoms with Crippen molar-refractivity contribution in [3.63, 3.8) is 0 Å². The zero-order chi connectivity index (χ0) is 14.5. The molecule has 1 fully saturated rings. The largest absolute Gasteiger partial charge is 0.501 e. The van der Waals surface area contributed by atoms with E-state index in [1.807, 2.05) is 0 Å². The summed E-state index contributed by atoms with van der Waals surface area (Å²) in [5.74, 6) is 0.429.